The Labute approximate surface area is 163 Å². The first-order chi connectivity index (χ1) is 13.6. The lowest BCUT2D eigenvalue weighted by atomic mass is 9.95. The van der Waals surface area contributed by atoms with E-state index in [1.54, 1.807) is 27.4 Å². The quantitative estimate of drug-likeness (QED) is 0.424. The van der Waals surface area contributed by atoms with E-state index in [-0.39, 0.29) is 5.92 Å². The van der Waals surface area contributed by atoms with Gasteiger partial charge >= 0.3 is 5.97 Å². The van der Waals surface area contributed by atoms with E-state index in [0.29, 0.717) is 28.6 Å². The van der Waals surface area contributed by atoms with Crippen molar-refractivity contribution in [3.8, 4) is 28.4 Å². The molecule has 0 unspecified atom stereocenters. The van der Waals surface area contributed by atoms with Gasteiger partial charge in [-0.1, -0.05) is 5.16 Å². The van der Waals surface area contributed by atoms with Gasteiger partial charge in [0.25, 0.3) is 0 Å². The number of ether oxygens (including phenoxy) is 4. The first-order valence-electron chi connectivity index (χ1n) is 8.81. The number of aromatic nitrogens is 1. The molecular formula is C20H24N2O6. The number of methoxy groups -OCH3 is 4. The Kier molecular flexibility index (Phi) is 5.77. The summed E-state index contributed by atoms with van der Waals surface area (Å²) >= 11 is 0. The maximum absolute atomic E-state index is 12.4. The molecule has 0 spiro atoms. The van der Waals surface area contributed by atoms with Crippen LogP contribution in [0.5, 0.6) is 17.2 Å². The summed E-state index contributed by atoms with van der Waals surface area (Å²) in [6, 6.07) is 3.68. The van der Waals surface area contributed by atoms with Crippen LogP contribution in [0.1, 0.15) is 40.5 Å². The zero-order chi connectivity index (χ0) is 20.3. The number of hydrogen-bond acceptors (Lipinski definition) is 7. The van der Waals surface area contributed by atoms with Crippen molar-refractivity contribution >= 4 is 12.2 Å². The Morgan fingerprint density at radius 3 is 2.32 bits per heavy atom. The highest BCUT2D eigenvalue weighted by Crippen LogP contribution is 2.52. The maximum atomic E-state index is 12.4. The maximum Gasteiger partial charge on any atom is 0.354 e. The van der Waals surface area contributed by atoms with Crippen LogP contribution in [0, 0.1) is 0 Å². The fourth-order valence-electron chi connectivity index (χ4n) is 3.37. The molecule has 1 heterocycles. The molecule has 0 saturated heterocycles. The number of carbonyl (C=O) groups is 1. The molecule has 1 N–H and O–H groups in total. The number of rotatable bonds is 8. The van der Waals surface area contributed by atoms with Crippen LogP contribution in [0.3, 0.4) is 0 Å². The zero-order valence-electron chi connectivity index (χ0n) is 16.6. The van der Waals surface area contributed by atoms with Crippen LogP contribution in [-0.2, 0) is 9.57 Å². The third-order valence-electron chi connectivity index (χ3n) is 4.70. The molecule has 1 saturated carbocycles. The predicted octanol–water partition coefficient (Wildman–Crippen LogP) is 3.35. The molecule has 1 aromatic carbocycles. The summed E-state index contributed by atoms with van der Waals surface area (Å²) in [6.07, 6.45) is 3.51. The van der Waals surface area contributed by atoms with E-state index >= 15 is 0 Å². The number of nitrogens with one attached hydrogen (secondary N) is 1. The highest BCUT2D eigenvalue weighted by molar-refractivity contribution is 6.00. The highest BCUT2D eigenvalue weighted by atomic mass is 16.6. The molecule has 0 aliphatic heterocycles. The summed E-state index contributed by atoms with van der Waals surface area (Å²) in [5, 5.41) is 3.87. The molecule has 8 heteroatoms. The second-order valence-electron chi connectivity index (χ2n) is 6.27. The fraction of sp³-hybridized carbons (Fsp3) is 0.400. The first-order valence-corrected chi connectivity index (χ1v) is 8.81. The number of esters is 1. The van der Waals surface area contributed by atoms with Gasteiger partial charge in [-0.25, -0.2) is 4.79 Å². The van der Waals surface area contributed by atoms with E-state index in [1.807, 2.05) is 6.07 Å². The van der Waals surface area contributed by atoms with Crippen LogP contribution in [0.4, 0.5) is 0 Å². The number of H-pyrrole nitrogens is 1. The molecule has 0 amide bonds. The van der Waals surface area contributed by atoms with E-state index in [0.717, 1.165) is 29.5 Å². The van der Waals surface area contributed by atoms with Crippen LogP contribution in [0.2, 0.25) is 0 Å². The van der Waals surface area contributed by atoms with Crippen LogP contribution < -0.4 is 14.2 Å². The number of carbonyl (C=O) groups excluding carboxylic acids is 1. The highest BCUT2D eigenvalue weighted by Gasteiger charge is 2.36. The monoisotopic (exact) mass is 388 g/mol. The Hall–Kier alpha value is -3.16. The molecule has 1 aromatic heterocycles. The smallest absolute Gasteiger partial charge is 0.354 e. The molecule has 1 fully saturated rings. The zero-order valence-corrected chi connectivity index (χ0v) is 16.6. The standard InChI is InChI=1S/C20H24N2O6/c1-24-14-9-8-12(18(25-2)19(14)26-3)16-13(10-21-28-5)22-17(20(23)27-4)15(16)11-6-7-11/h8-11,22H,6-7H2,1-5H3. The van der Waals surface area contributed by atoms with Crippen molar-refractivity contribution in [2.24, 2.45) is 5.16 Å². The van der Waals surface area contributed by atoms with Crippen molar-refractivity contribution in [1.29, 1.82) is 0 Å². The largest absolute Gasteiger partial charge is 0.493 e. The minimum absolute atomic E-state index is 0.253. The van der Waals surface area contributed by atoms with Crippen molar-refractivity contribution in [2.45, 2.75) is 18.8 Å². The lowest BCUT2D eigenvalue weighted by Gasteiger charge is -2.17. The van der Waals surface area contributed by atoms with Gasteiger partial charge in [0.15, 0.2) is 11.5 Å². The van der Waals surface area contributed by atoms with Crippen LogP contribution >= 0.6 is 0 Å². The molecule has 1 aliphatic rings. The fourth-order valence-corrected chi connectivity index (χ4v) is 3.37. The molecular weight excluding hydrogens is 364 g/mol. The average molecular weight is 388 g/mol. The Bertz CT molecular complexity index is 899. The first kappa shape index (κ1) is 19.6. The minimum Gasteiger partial charge on any atom is -0.493 e. The average Bonchev–Trinajstić information content (AvgIpc) is 3.50. The molecule has 0 radical (unpaired) electrons. The predicted molar refractivity (Wildman–Crippen MR) is 104 cm³/mol. The van der Waals surface area contributed by atoms with Gasteiger partial charge in [0.1, 0.15) is 12.8 Å². The Morgan fingerprint density at radius 2 is 1.79 bits per heavy atom. The molecule has 2 aromatic rings. The molecule has 3 rings (SSSR count). The second-order valence-corrected chi connectivity index (χ2v) is 6.27. The summed E-state index contributed by atoms with van der Waals surface area (Å²) < 4.78 is 21.5. The van der Waals surface area contributed by atoms with Crippen LogP contribution in [0.15, 0.2) is 17.3 Å². The topological polar surface area (TPSA) is 91.4 Å². The van der Waals surface area contributed by atoms with E-state index < -0.39 is 5.97 Å². The minimum atomic E-state index is -0.431. The van der Waals surface area contributed by atoms with Gasteiger partial charge in [-0.3, -0.25) is 0 Å². The summed E-state index contributed by atoms with van der Waals surface area (Å²) in [7, 11) is 7.50. The summed E-state index contributed by atoms with van der Waals surface area (Å²) in [4.78, 5) is 20.4. The molecule has 0 bridgehead atoms. The Balaban J connectivity index is 2.33. The van der Waals surface area contributed by atoms with Gasteiger partial charge in [-0.05, 0) is 36.5 Å². The van der Waals surface area contributed by atoms with E-state index in [4.69, 9.17) is 23.8 Å². The van der Waals surface area contributed by atoms with Crippen molar-refractivity contribution in [3.63, 3.8) is 0 Å². The van der Waals surface area contributed by atoms with Crippen molar-refractivity contribution < 1.29 is 28.6 Å². The van der Waals surface area contributed by atoms with E-state index in [9.17, 15) is 4.79 Å². The summed E-state index contributed by atoms with van der Waals surface area (Å²) in [5.74, 6) is 1.35. The van der Waals surface area contributed by atoms with Crippen LogP contribution in [0.25, 0.3) is 11.1 Å². The third-order valence-corrected chi connectivity index (χ3v) is 4.70. The van der Waals surface area contributed by atoms with Gasteiger partial charge in [-0.2, -0.15) is 0 Å². The van der Waals surface area contributed by atoms with Gasteiger partial charge in [0.05, 0.1) is 40.3 Å². The van der Waals surface area contributed by atoms with Gasteiger partial charge in [0, 0.05) is 11.1 Å². The van der Waals surface area contributed by atoms with Crippen molar-refractivity contribution in [2.75, 3.05) is 35.5 Å². The third kappa shape index (κ3) is 3.37. The Morgan fingerprint density at radius 1 is 1.07 bits per heavy atom. The van der Waals surface area contributed by atoms with Crippen LogP contribution in [-0.4, -0.2) is 52.7 Å². The number of hydrogen-bond donors (Lipinski definition) is 1. The number of aromatic amines is 1. The number of benzene rings is 1. The van der Waals surface area contributed by atoms with Crippen molar-refractivity contribution in [1.82, 2.24) is 4.98 Å². The molecule has 0 atom stereocenters. The van der Waals surface area contributed by atoms with Gasteiger partial charge < -0.3 is 28.8 Å². The number of oxime groups is 1. The number of nitrogens with zero attached hydrogens (tertiary/aromatic N) is 1. The lowest BCUT2D eigenvalue weighted by Crippen LogP contribution is -2.05. The molecule has 150 valence electrons. The van der Waals surface area contributed by atoms with E-state index in [1.165, 1.54) is 20.4 Å². The second kappa shape index (κ2) is 8.24. The molecule has 8 nitrogen and oxygen atoms in total. The van der Waals surface area contributed by atoms with Gasteiger partial charge in [0.2, 0.25) is 5.75 Å². The normalized spacial score (nSPS) is 13.5. The van der Waals surface area contributed by atoms with Crippen molar-refractivity contribution in [3.05, 3.63) is 29.1 Å². The summed E-state index contributed by atoms with van der Waals surface area (Å²) in [5.41, 5.74) is 3.48. The SMILES string of the molecule is CON=Cc1[nH]c(C(=O)OC)c(C2CC2)c1-c1ccc(OC)c(OC)c1OC. The lowest BCUT2D eigenvalue weighted by molar-refractivity contribution is 0.0593. The van der Waals surface area contributed by atoms with Gasteiger partial charge in [-0.15, -0.1) is 0 Å². The summed E-state index contributed by atoms with van der Waals surface area (Å²) in [6.45, 7) is 0. The molecule has 1 aliphatic carbocycles. The molecule has 28 heavy (non-hydrogen) atoms. The van der Waals surface area contributed by atoms with E-state index in [2.05, 4.69) is 10.1 Å².